The molecule has 2 aromatic carbocycles. The standard InChI is InChI=1S/C18H12Cl2N2O3/c19-13-2-1-3-14(17(13)20)22-18(23)12(10-21)8-11-4-5-15-16(9-11)25-7-6-24-15/h1-5,8-9H,6-7H2,(H,22,23)/b12-8+. The average molecular weight is 375 g/mol. The summed E-state index contributed by atoms with van der Waals surface area (Å²) in [5, 5.41) is 12.4. The highest BCUT2D eigenvalue weighted by atomic mass is 35.5. The Bertz CT molecular complexity index is 904. The van der Waals surface area contributed by atoms with E-state index in [4.69, 9.17) is 32.7 Å². The van der Waals surface area contributed by atoms with Crippen molar-refractivity contribution >= 4 is 40.9 Å². The Balaban J connectivity index is 1.84. The first-order chi connectivity index (χ1) is 12.1. The van der Waals surface area contributed by atoms with Crippen LogP contribution in [0.25, 0.3) is 6.08 Å². The molecule has 2 aromatic rings. The van der Waals surface area contributed by atoms with Crippen molar-refractivity contribution in [3.8, 4) is 17.6 Å². The summed E-state index contributed by atoms with van der Waals surface area (Å²) in [6, 6.07) is 11.9. The second-order valence-electron chi connectivity index (χ2n) is 5.13. The van der Waals surface area contributed by atoms with Crippen molar-refractivity contribution in [3.63, 3.8) is 0 Å². The quantitative estimate of drug-likeness (QED) is 0.641. The van der Waals surface area contributed by atoms with Crippen LogP contribution < -0.4 is 14.8 Å². The van der Waals surface area contributed by atoms with Crippen LogP contribution in [0, 0.1) is 11.3 Å². The number of fused-ring (bicyclic) bond motifs is 1. The number of amides is 1. The van der Waals surface area contributed by atoms with E-state index in [9.17, 15) is 10.1 Å². The second kappa shape index (κ2) is 7.47. The summed E-state index contributed by atoms with van der Waals surface area (Å²) in [6.07, 6.45) is 1.46. The number of nitrogens with zero attached hydrogens (tertiary/aromatic N) is 1. The number of benzene rings is 2. The summed E-state index contributed by atoms with van der Waals surface area (Å²) < 4.78 is 10.9. The SMILES string of the molecule is N#C/C(=C\c1ccc2c(c1)OCCO2)C(=O)Nc1cccc(Cl)c1Cl. The summed E-state index contributed by atoms with van der Waals surface area (Å²) >= 11 is 12.0. The maximum absolute atomic E-state index is 12.3. The zero-order valence-corrected chi connectivity index (χ0v) is 14.4. The summed E-state index contributed by atoms with van der Waals surface area (Å²) in [4.78, 5) is 12.3. The minimum Gasteiger partial charge on any atom is -0.486 e. The molecule has 0 spiro atoms. The van der Waals surface area contributed by atoms with Crippen LogP contribution in [-0.4, -0.2) is 19.1 Å². The van der Waals surface area contributed by atoms with Crippen LogP contribution in [0.15, 0.2) is 42.0 Å². The fourth-order valence-electron chi connectivity index (χ4n) is 2.25. The van der Waals surface area contributed by atoms with E-state index in [-0.39, 0.29) is 10.6 Å². The van der Waals surface area contributed by atoms with Crippen molar-refractivity contribution in [1.82, 2.24) is 0 Å². The highest BCUT2D eigenvalue weighted by Gasteiger charge is 2.15. The predicted molar refractivity (Wildman–Crippen MR) is 96.1 cm³/mol. The van der Waals surface area contributed by atoms with Gasteiger partial charge in [0.1, 0.15) is 24.9 Å². The number of nitriles is 1. The van der Waals surface area contributed by atoms with Gasteiger partial charge < -0.3 is 14.8 Å². The molecule has 7 heteroatoms. The minimum atomic E-state index is -0.582. The molecular weight excluding hydrogens is 363 g/mol. The zero-order chi connectivity index (χ0) is 17.8. The molecule has 0 atom stereocenters. The zero-order valence-electron chi connectivity index (χ0n) is 12.9. The number of ether oxygens (including phenoxy) is 2. The lowest BCUT2D eigenvalue weighted by Crippen LogP contribution is -2.15. The van der Waals surface area contributed by atoms with Gasteiger partial charge in [0.2, 0.25) is 0 Å². The molecule has 1 aliphatic rings. The maximum atomic E-state index is 12.3. The van der Waals surface area contributed by atoms with Gasteiger partial charge in [-0.2, -0.15) is 5.26 Å². The van der Waals surface area contributed by atoms with E-state index >= 15 is 0 Å². The van der Waals surface area contributed by atoms with Crippen LogP contribution in [-0.2, 0) is 4.79 Å². The Labute approximate surface area is 154 Å². The highest BCUT2D eigenvalue weighted by Crippen LogP contribution is 2.32. The molecule has 1 amide bonds. The van der Waals surface area contributed by atoms with Crippen LogP contribution in [0.3, 0.4) is 0 Å². The highest BCUT2D eigenvalue weighted by molar-refractivity contribution is 6.44. The normalized spacial score (nSPS) is 13.1. The Morgan fingerprint density at radius 1 is 1.16 bits per heavy atom. The fourth-order valence-corrected chi connectivity index (χ4v) is 2.60. The molecule has 0 saturated heterocycles. The molecule has 0 aromatic heterocycles. The van der Waals surface area contributed by atoms with Crippen molar-refractivity contribution in [1.29, 1.82) is 5.26 Å². The van der Waals surface area contributed by atoms with Gasteiger partial charge in [0.15, 0.2) is 11.5 Å². The molecule has 25 heavy (non-hydrogen) atoms. The number of rotatable bonds is 3. The molecule has 0 aliphatic carbocycles. The van der Waals surface area contributed by atoms with Gasteiger partial charge in [0, 0.05) is 0 Å². The summed E-state index contributed by atoms with van der Waals surface area (Å²) in [5.74, 6) is 0.634. The number of halogens is 2. The first-order valence-electron chi connectivity index (χ1n) is 7.35. The lowest BCUT2D eigenvalue weighted by atomic mass is 10.1. The molecule has 0 unspecified atom stereocenters. The first-order valence-corrected chi connectivity index (χ1v) is 8.11. The van der Waals surface area contributed by atoms with Crippen LogP contribution in [0.2, 0.25) is 10.0 Å². The molecule has 0 saturated carbocycles. The molecular formula is C18H12Cl2N2O3. The van der Waals surface area contributed by atoms with Gasteiger partial charge in [-0.1, -0.05) is 35.3 Å². The van der Waals surface area contributed by atoms with E-state index in [2.05, 4.69) is 5.32 Å². The summed E-state index contributed by atoms with van der Waals surface area (Å²) in [6.45, 7) is 0.952. The minimum absolute atomic E-state index is 0.0762. The van der Waals surface area contributed by atoms with Crippen molar-refractivity contribution in [2.24, 2.45) is 0 Å². The van der Waals surface area contributed by atoms with Gasteiger partial charge in [0.25, 0.3) is 5.91 Å². The predicted octanol–water partition coefficient (Wildman–Crippen LogP) is 4.31. The number of hydrogen-bond acceptors (Lipinski definition) is 4. The Morgan fingerprint density at radius 2 is 1.92 bits per heavy atom. The third-order valence-electron chi connectivity index (χ3n) is 3.44. The van der Waals surface area contributed by atoms with E-state index in [0.29, 0.717) is 41.0 Å². The van der Waals surface area contributed by atoms with E-state index in [1.54, 1.807) is 36.4 Å². The molecule has 1 heterocycles. The van der Waals surface area contributed by atoms with Crippen LogP contribution in [0.4, 0.5) is 5.69 Å². The molecule has 0 fully saturated rings. The van der Waals surface area contributed by atoms with Crippen molar-refractivity contribution in [3.05, 3.63) is 57.6 Å². The van der Waals surface area contributed by atoms with Gasteiger partial charge in [0.05, 0.1) is 15.7 Å². The van der Waals surface area contributed by atoms with Crippen LogP contribution in [0.1, 0.15) is 5.56 Å². The fraction of sp³-hybridized carbons (Fsp3) is 0.111. The maximum Gasteiger partial charge on any atom is 0.266 e. The molecule has 1 N–H and O–H groups in total. The van der Waals surface area contributed by atoms with Gasteiger partial charge in [-0.05, 0) is 35.9 Å². The topological polar surface area (TPSA) is 71.3 Å². The second-order valence-corrected chi connectivity index (χ2v) is 5.91. The number of carbonyl (C=O) groups is 1. The Morgan fingerprint density at radius 3 is 2.68 bits per heavy atom. The molecule has 5 nitrogen and oxygen atoms in total. The van der Waals surface area contributed by atoms with Gasteiger partial charge >= 0.3 is 0 Å². The van der Waals surface area contributed by atoms with Crippen molar-refractivity contribution in [2.75, 3.05) is 18.5 Å². The average Bonchev–Trinajstić information content (AvgIpc) is 2.63. The molecule has 126 valence electrons. The smallest absolute Gasteiger partial charge is 0.266 e. The third kappa shape index (κ3) is 3.87. The third-order valence-corrected chi connectivity index (χ3v) is 4.26. The van der Waals surface area contributed by atoms with E-state index in [1.165, 1.54) is 6.08 Å². The largest absolute Gasteiger partial charge is 0.486 e. The van der Waals surface area contributed by atoms with Crippen molar-refractivity contribution in [2.45, 2.75) is 0 Å². The summed E-state index contributed by atoms with van der Waals surface area (Å²) in [7, 11) is 0. The van der Waals surface area contributed by atoms with Gasteiger partial charge in [-0.15, -0.1) is 0 Å². The molecule has 0 bridgehead atoms. The number of hydrogen-bond donors (Lipinski definition) is 1. The number of carbonyl (C=O) groups excluding carboxylic acids is 1. The lowest BCUT2D eigenvalue weighted by molar-refractivity contribution is -0.112. The first kappa shape index (κ1) is 17.2. The molecule has 1 aliphatic heterocycles. The number of anilines is 1. The van der Waals surface area contributed by atoms with Crippen LogP contribution in [0.5, 0.6) is 11.5 Å². The van der Waals surface area contributed by atoms with E-state index in [0.717, 1.165) is 0 Å². The Kier molecular flexibility index (Phi) is 5.13. The summed E-state index contributed by atoms with van der Waals surface area (Å²) in [5.41, 5.74) is 0.906. The Hall–Kier alpha value is -2.68. The monoisotopic (exact) mass is 374 g/mol. The van der Waals surface area contributed by atoms with Gasteiger partial charge in [-0.25, -0.2) is 0 Å². The van der Waals surface area contributed by atoms with E-state index in [1.807, 2.05) is 6.07 Å². The van der Waals surface area contributed by atoms with Gasteiger partial charge in [-0.3, -0.25) is 4.79 Å². The number of nitrogens with one attached hydrogen (secondary N) is 1. The lowest BCUT2D eigenvalue weighted by Gasteiger charge is -2.18. The molecule has 0 radical (unpaired) electrons. The van der Waals surface area contributed by atoms with Crippen LogP contribution >= 0.6 is 23.2 Å². The molecule has 3 rings (SSSR count). The van der Waals surface area contributed by atoms with E-state index < -0.39 is 5.91 Å². The van der Waals surface area contributed by atoms with Crippen molar-refractivity contribution < 1.29 is 14.3 Å².